The Bertz CT molecular complexity index is 713. The molecule has 122 valence electrons. The molecule has 0 atom stereocenters. The number of anilines is 1. The van der Waals surface area contributed by atoms with Gasteiger partial charge in [-0.25, -0.2) is 0 Å². The van der Waals surface area contributed by atoms with Gasteiger partial charge < -0.3 is 14.7 Å². The highest BCUT2D eigenvalue weighted by atomic mass is 16.1. The van der Waals surface area contributed by atoms with Gasteiger partial charge in [0.05, 0.1) is 0 Å². The van der Waals surface area contributed by atoms with Gasteiger partial charge >= 0.3 is 0 Å². The third-order valence-corrected chi connectivity index (χ3v) is 3.42. The maximum atomic E-state index is 11.8. The summed E-state index contributed by atoms with van der Waals surface area (Å²) in [5.74, 6) is -0.179. The van der Waals surface area contributed by atoms with E-state index in [-0.39, 0.29) is 11.6 Å². The Morgan fingerprint density at radius 1 is 1.09 bits per heavy atom. The summed E-state index contributed by atoms with van der Waals surface area (Å²) in [6.07, 6.45) is 2.49. The lowest BCUT2D eigenvalue weighted by Crippen LogP contribution is -2.02. The minimum Gasteiger partial charge on any atom is -0.388 e. The highest BCUT2D eigenvalue weighted by Gasteiger charge is 2.19. The highest BCUT2D eigenvalue weighted by Crippen LogP contribution is 2.23. The third-order valence-electron chi connectivity index (χ3n) is 3.42. The largest absolute Gasteiger partial charge is 0.388 e. The van der Waals surface area contributed by atoms with Crippen LogP contribution >= 0.6 is 0 Å². The molecule has 2 rings (SSSR count). The van der Waals surface area contributed by atoms with E-state index in [2.05, 4.69) is 5.32 Å². The fraction of sp³-hybridized carbons (Fsp3) is 0.278. The summed E-state index contributed by atoms with van der Waals surface area (Å²) in [5.41, 5.74) is 3.72. The summed E-state index contributed by atoms with van der Waals surface area (Å²) in [4.78, 5) is 32.3. The van der Waals surface area contributed by atoms with Gasteiger partial charge in [0.1, 0.15) is 6.29 Å². The molecule has 0 saturated carbocycles. The Morgan fingerprint density at radius 2 is 1.61 bits per heavy atom. The number of hydrogen-bond acceptors (Lipinski definition) is 4. The first-order valence-corrected chi connectivity index (χ1v) is 7.29. The molecule has 0 aliphatic heterocycles. The molecule has 1 aromatic carbocycles. The maximum absolute atomic E-state index is 11.8. The molecule has 0 aliphatic rings. The monoisotopic (exact) mass is 314 g/mol. The van der Waals surface area contributed by atoms with Crippen molar-refractivity contribution in [3.8, 4) is 5.69 Å². The second-order valence-corrected chi connectivity index (χ2v) is 5.02. The molecule has 1 N–H and O–H groups in total. The molecule has 1 aromatic heterocycles. The average molecular weight is 314 g/mol. The summed E-state index contributed by atoms with van der Waals surface area (Å²) in [6.45, 7) is 6.27. The Balaban J connectivity index is 0.000000816. The van der Waals surface area contributed by atoms with Gasteiger partial charge in [0.25, 0.3) is 0 Å². The van der Waals surface area contributed by atoms with Crippen molar-refractivity contribution in [3.63, 3.8) is 0 Å². The van der Waals surface area contributed by atoms with Crippen molar-refractivity contribution in [1.29, 1.82) is 0 Å². The van der Waals surface area contributed by atoms with E-state index in [9.17, 15) is 9.59 Å². The topological polar surface area (TPSA) is 68.2 Å². The predicted octanol–water partition coefficient (Wildman–Crippen LogP) is 3.44. The molecule has 0 spiro atoms. The van der Waals surface area contributed by atoms with Gasteiger partial charge in [-0.2, -0.15) is 0 Å². The van der Waals surface area contributed by atoms with Gasteiger partial charge in [0.2, 0.25) is 0 Å². The summed E-state index contributed by atoms with van der Waals surface area (Å²) < 4.78 is 1.88. The lowest BCUT2D eigenvalue weighted by Gasteiger charge is -2.08. The molecular weight excluding hydrogens is 292 g/mol. The molecule has 5 heteroatoms. The normalized spacial score (nSPS) is 9.61. The van der Waals surface area contributed by atoms with E-state index in [0.717, 1.165) is 23.4 Å². The van der Waals surface area contributed by atoms with Crippen LogP contribution < -0.4 is 5.32 Å². The smallest absolute Gasteiger partial charge is 0.162 e. The van der Waals surface area contributed by atoms with Crippen LogP contribution in [-0.2, 0) is 4.79 Å². The molecule has 1 heterocycles. The number of hydrogen-bond donors (Lipinski definition) is 1. The molecule has 0 bridgehead atoms. The van der Waals surface area contributed by atoms with E-state index in [4.69, 9.17) is 4.79 Å². The molecule has 0 radical (unpaired) electrons. The van der Waals surface area contributed by atoms with Gasteiger partial charge in [0.15, 0.2) is 11.6 Å². The Kier molecular flexibility index (Phi) is 6.45. The van der Waals surface area contributed by atoms with Gasteiger partial charge in [-0.3, -0.25) is 9.59 Å². The molecule has 0 saturated heterocycles. The number of nitrogens with one attached hydrogen (secondary N) is 1. The number of aromatic nitrogens is 1. The fourth-order valence-electron chi connectivity index (χ4n) is 2.37. The quantitative estimate of drug-likeness (QED) is 0.693. The third kappa shape index (κ3) is 4.16. The van der Waals surface area contributed by atoms with Gasteiger partial charge in [-0.15, -0.1) is 0 Å². The molecule has 2 aromatic rings. The van der Waals surface area contributed by atoms with Gasteiger partial charge in [0, 0.05) is 41.4 Å². The van der Waals surface area contributed by atoms with Crippen molar-refractivity contribution in [2.75, 3.05) is 12.4 Å². The van der Waals surface area contributed by atoms with Crippen LogP contribution in [0.5, 0.6) is 0 Å². The van der Waals surface area contributed by atoms with Crippen molar-refractivity contribution in [2.24, 2.45) is 0 Å². The Labute approximate surface area is 136 Å². The van der Waals surface area contributed by atoms with Crippen molar-refractivity contribution in [3.05, 3.63) is 47.3 Å². The van der Waals surface area contributed by atoms with Crippen LogP contribution in [0.25, 0.3) is 5.69 Å². The van der Waals surface area contributed by atoms with Crippen LogP contribution in [0.15, 0.2) is 30.5 Å². The van der Waals surface area contributed by atoms with E-state index in [1.165, 1.54) is 20.8 Å². The zero-order chi connectivity index (χ0) is 17.6. The molecule has 0 unspecified atom stereocenters. The van der Waals surface area contributed by atoms with Crippen molar-refractivity contribution < 1.29 is 14.4 Å². The first-order valence-electron chi connectivity index (χ1n) is 7.29. The van der Waals surface area contributed by atoms with E-state index in [0.29, 0.717) is 11.1 Å². The van der Waals surface area contributed by atoms with Gasteiger partial charge in [-0.1, -0.05) is 0 Å². The number of nitrogens with zero attached hydrogens (tertiary/aromatic N) is 1. The van der Waals surface area contributed by atoms with Crippen LogP contribution in [0.4, 0.5) is 5.69 Å². The standard InChI is InChI=1S/C16H18N2O2.C2H4O/c1-10-16(12(3)20)15(11(2)19)9-18(10)14-7-5-13(17-4)6-8-14;1-2-3/h5-9,17H,1-4H3;2H,1H3. The molecule has 0 aliphatic carbocycles. The van der Waals surface area contributed by atoms with Gasteiger partial charge in [-0.05, 0) is 52.0 Å². The zero-order valence-corrected chi connectivity index (χ0v) is 14.1. The van der Waals surface area contributed by atoms with Crippen LogP contribution in [0.3, 0.4) is 0 Å². The van der Waals surface area contributed by atoms with E-state index in [1.807, 2.05) is 42.8 Å². The van der Waals surface area contributed by atoms with Crippen LogP contribution in [-0.4, -0.2) is 29.5 Å². The first kappa shape index (κ1) is 18.4. The molecule has 0 fully saturated rings. The molecule has 5 nitrogen and oxygen atoms in total. The number of ketones is 2. The lowest BCUT2D eigenvalue weighted by molar-refractivity contribution is -0.106. The summed E-state index contributed by atoms with van der Waals surface area (Å²) in [6, 6.07) is 7.81. The summed E-state index contributed by atoms with van der Waals surface area (Å²) >= 11 is 0. The SMILES string of the molecule is CC=O.CNc1ccc(-n2cc(C(C)=O)c(C(C)=O)c2C)cc1. The maximum Gasteiger partial charge on any atom is 0.162 e. The molecule has 23 heavy (non-hydrogen) atoms. The number of aldehydes is 1. The predicted molar refractivity (Wildman–Crippen MR) is 91.8 cm³/mol. The second-order valence-electron chi connectivity index (χ2n) is 5.02. The van der Waals surface area contributed by atoms with E-state index < -0.39 is 0 Å². The van der Waals surface area contributed by atoms with Crippen LogP contribution in [0.2, 0.25) is 0 Å². The lowest BCUT2D eigenvalue weighted by atomic mass is 10.1. The molecule has 0 amide bonds. The van der Waals surface area contributed by atoms with Crippen molar-refractivity contribution in [1.82, 2.24) is 4.57 Å². The number of rotatable bonds is 4. The first-order chi connectivity index (χ1) is 10.9. The summed E-state index contributed by atoms with van der Waals surface area (Å²) in [5, 5.41) is 3.06. The minimum atomic E-state index is -0.0936. The van der Waals surface area contributed by atoms with Crippen molar-refractivity contribution in [2.45, 2.75) is 27.7 Å². The fourth-order valence-corrected chi connectivity index (χ4v) is 2.37. The average Bonchev–Trinajstić information content (AvgIpc) is 2.86. The van der Waals surface area contributed by atoms with Crippen LogP contribution in [0.1, 0.15) is 47.2 Å². The number of benzene rings is 1. The molecular formula is C18H22N2O3. The number of Topliss-reactive ketones (excluding diaryl/α,β-unsaturated/α-hetero) is 2. The number of carbonyl (C=O) groups excluding carboxylic acids is 3. The zero-order valence-electron chi connectivity index (χ0n) is 14.1. The summed E-state index contributed by atoms with van der Waals surface area (Å²) in [7, 11) is 1.86. The Hall–Kier alpha value is -2.69. The van der Waals surface area contributed by atoms with Crippen LogP contribution in [0, 0.1) is 6.92 Å². The number of carbonyl (C=O) groups is 3. The van der Waals surface area contributed by atoms with Crippen molar-refractivity contribution >= 4 is 23.5 Å². The van der Waals surface area contributed by atoms with E-state index in [1.54, 1.807) is 6.20 Å². The van der Waals surface area contributed by atoms with E-state index >= 15 is 0 Å². The Morgan fingerprint density at radius 3 is 1.96 bits per heavy atom. The highest BCUT2D eigenvalue weighted by molar-refractivity contribution is 6.08. The second kappa shape index (κ2) is 8.08. The minimum absolute atomic E-state index is 0.0849.